The topological polar surface area (TPSA) is 135 Å². The molecule has 0 radical (unpaired) electrons. The Kier molecular flexibility index (Phi) is 5.96. The molecule has 0 saturated heterocycles. The molecule has 2 aromatic heterocycles. The monoisotopic (exact) mass is 540 g/mol. The van der Waals surface area contributed by atoms with Crippen LogP contribution in [0.1, 0.15) is 58.6 Å². The molecule has 10 nitrogen and oxygen atoms in total. The number of nitrogens with two attached hydrogens (primary N) is 1. The van der Waals surface area contributed by atoms with Crippen molar-refractivity contribution in [1.82, 2.24) is 24.7 Å². The molecule has 2 aliphatic carbocycles. The summed E-state index contributed by atoms with van der Waals surface area (Å²) < 4.78 is 17.1. The first kappa shape index (κ1) is 24.6. The van der Waals surface area contributed by atoms with E-state index in [0.717, 1.165) is 36.2 Å². The molecule has 0 bridgehead atoms. The molecule has 1 aliphatic heterocycles. The third-order valence-electron chi connectivity index (χ3n) is 7.83. The van der Waals surface area contributed by atoms with Crippen molar-refractivity contribution in [2.24, 2.45) is 5.92 Å². The standard InChI is InChI=1S/C29H29FN8O2/c30-23-11-19(17-6-7-17)10-18-8-9-38(27(40)25(18)23)24-3-1-2-21(22(24)15-39)26-34-28(31)36-29(35-26)33-20-12-32-37(14-20)13-16-4-5-16/h1-3,10-12,14,16-17,39H,4-9,13,15H2,(H3,31,33,34,35,36). The molecule has 2 saturated carbocycles. The molecule has 0 atom stereocenters. The SMILES string of the molecule is Nc1nc(Nc2cnn(CC3CC3)c2)nc(-c2cccc(N3CCc4cc(C5CC5)cc(F)c4C3=O)c2CO)n1. The molecule has 2 aromatic carbocycles. The number of hydrogen-bond donors (Lipinski definition) is 3. The third kappa shape index (κ3) is 4.66. The number of aliphatic hydroxyl groups excluding tert-OH is 1. The van der Waals surface area contributed by atoms with Gasteiger partial charge in [0.15, 0.2) is 5.82 Å². The van der Waals surface area contributed by atoms with Gasteiger partial charge in [-0.25, -0.2) is 4.39 Å². The first-order valence-corrected chi connectivity index (χ1v) is 13.6. The molecule has 4 aromatic rings. The number of halogens is 1. The van der Waals surface area contributed by atoms with Crippen molar-refractivity contribution in [3.8, 4) is 11.4 Å². The van der Waals surface area contributed by atoms with Crippen LogP contribution in [0.4, 0.5) is 27.7 Å². The number of hydrogen-bond acceptors (Lipinski definition) is 8. The van der Waals surface area contributed by atoms with Crippen LogP contribution in [0.2, 0.25) is 0 Å². The predicted octanol–water partition coefficient (Wildman–Crippen LogP) is 4.18. The smallest absolute Gasteiger partial charge is 0.261 e. The van der Waals surface area contributed by atoms with Crippen LogP contribution in [0, 0.1) is 11.7 Å². The van der Waals surface area contributed by atoms with Gasteiger partial charge in [-0.2, -0.15) is 20.1 Å². The molecule has 40 heavy (non-hydrogen) atoms. The Labute approximate surface area is 230 Å². The van der Waals surface area contributed by atoms with Gasteiger partial charge in [-0.05, 0) is 67.2 Å². The molecule has 0 unspecified atom stereocenters. The summed E-state index contributed by atoms with van der Waals surface area (Å²) >= 11 is 0. The summed E-state index contributed by atoms with van der Waals surface area (Å²) in [6, 6.07) is 8.73. The Bertz CT molecular complexity index is 1630. The second-order valence-electron chi connectivity index (χ2n) is 10.8. The van der Waals surface area contributed by atoms with Crippen LogP contribution in [0.25, 0.3) is 11.4 Å². The van der Waals surface area contributed by atoms with Gasteiger partial charge < -0.3 is 21.1 Å². The molecule has 7 rings (SSSR count). The number of nitrogens with one attached hydrogen (secondary N) is 1. The zero-order chi connectivity index (χ0) is 27.4. The maximum Gasteiger partial charge on any atom is 0.261 e. The zero-order valence-corrected chi connectivity index (χ0v) is 21.8. The Hall–Kier alpha value is -4.38. The summed E-state index contributed by atoms with van der Waals surface area (Å²) in [6.45, 7) is 0.866. The minimum absolute atomic E-state index is 0.00341. The number of nitrogens with zero attached hydrogens (tertiary/aromatic N) is 6. The number of aromatic nitrogens is 5. The highest BCUT2D eigenvalue weighted by molar-refractivity contribution is 6.09. The number of fused-ring (bicyclic) bond motifs is 1. The van der Waals surface area contributed by atoms with Crippen molar-refractivity contribution in [1.29, 1.82) is 0 Å². The lowest BCUT2D eigenvalue weighted by atomic mass is 9.93. The first-order chi connectivity index (χ1) is 19.5. The van der Waals surface area contributed by atoms with E-state index >= 15 is 4.39 Å². The summed E-state index contributed by atoms with van der Waals surface area (Å²) in [5, 5.41) is 18.0. The number of aliphatic hydroxyl groups is 1. The summed E-state index contributed by atoms with van der Waals surface area (Å²) in [5.41, 5.74) is 10.0. The Morgan fingerprint density at radius 3 is 2.75 bits per heavy atom. The lowest BCUT2D eigenvalue weighted by Crippen LogP contribution is -2.39. The van der Waals surface area contributed by atoms with Crippen LogP contribution in [0.3, 0.4) is 0 Å². The molecular weight excluding hydrogens is 511 g/mol. The minimum Gasteiger partial charge on any atom is -0.392 e. The van der Waals surface area contributed by atoms with Gasteiger partial charge in [-0.3, -0.25) is 9.48 Å². The average molecular weight is 541 g/mol. The van der Waals surface area contributed by atoms with Crippen LogP contribution in [-0.4, -0.2) is 42.3 Å². The van der Waals surface area contributed by atoms with Crippen molar-refractivity contribution >= 4 is 29.2 Å². The Morgan fingerprint density at radius 1 is 1.12 bits per heavy atom. The fourth-order valence-corrected chi connectivity index (χ4v) is 5.47. The van der Waals surface area contributed by atoms with Crippen LogP contribution in [0.5, 0.6) is 0 Å². The lowest BCUT2D eigenvalue weighted by Gasteiger charge is -2.31. The number of carbonyl (C=O) groups is 1. The van der Waals surface area contributed by atoms with Crippen molar-refractivity contribution < 1.29 is 14.3 Å². The van der Waals surface area contributed by atoms with Crippen LogP contribution >= 0.6 is 0 Å². The number of amides is 1. The summed E-state index contributed by atoms with van der Waals surface area (Å²) in [7, 11) is 0. The number of anilines is 4. The molecule has 204 valence electrons. The van der Waals surface area contributed by atoms with E-state index in [1.54, 1.807) is 24.4 Å². The van der Waals surface area contributed by atoms with E-state index in [9.17, 15) is 9.90 Å². The molecular formula is C29H29FN8O2. The van der Waals surface area contributed by atoms with Gasteiger partial charge in [0.2, 0.25) is 11.9 Å². The highest BCUT2D eigenvalue weighted by atomic mass is 19.1. The zero-order valence-electron chi connectivity index (χ0n) is 21.8. The maximum atomic E-state index is 15.2. The second-order valence-corrected chi connectivity index (χ2v) is 10.8. The second kappa shape index (κ2) is 9.67. The molecule has 3 heterocycles. The summed E-state index contributed by atoms with van der Waals surface area (Å²) in [4.78, 5) is 28.2. The highest BCUT2D eigenvalue weighted by Gasteiger charge is 2.33. The van der Waals surface area contributed by atoms with E-state index in [-0.39, 0.29) is 29.9 Å². The van der Waals surface area contributed by atoms with Gasteiger partial charge in [0, 0.05) is 30.4 Å². The maximum absolute atomic E-state index is 15.2. The molecule has 4 N–H and O–H groups in total. The van der Waals surface area contributed by atoms with E-state index in [1.807, 2.05) is 16.9 Å². The van der Waals surface area contributed by atoms with Gasteiger partial charge in [-0.15, -0.1) is 0 Å². The minimum atomic E-state index is -0.489. The van der Waals surface area contributed by atoms with E-state index < -0.39 is 11.7 Å². The first-order valence-electron chi connectivity index (χ1n) is 13.6. The van der Waals surface area contributed by atoms with E-state index in [4.69, 9.17) is 5.73 Å². The normalized spacial score (nSPS) is 16.8. The number of nitrogen functional groups attached to an aromatic ring is 1. The van der Waals surface area contributed by atoms with Crippen LogP contribution in [-0.2, 0) is 19.6 Å². The summed E-state index contributed by atoms with van der Waals surface area (Å²) in [5.74, 6) is 0.662. The van der Waals surface area contributed by atoms with Crippen molar-refractivity contribution in [2.75, 3.05) is 22.5 Å². The molecule has 2 fully saturated rings. The average Bonchev–Trinajstić information content (AvgIpc) is 3.87. The third-order valence-corrected chi connectivity index (χ3v) is 7.83. The van der Waals surface area contributed by atoms with Crippen molar-refractivity contribution in [3.05, 3.63) is 70.8 Å². The quantitative estimate of drug-likeness (QED) is 0.303. The Balaban J connectivity index is 1.20. The highest BCUT2D eigenvalue weighted by Crippen LogP contribution is 2.42. The van der Waals surface area contributed by atoms with E-state index in [2.05, 4.69) is 25.4 Å². The Morgan fingerprint density at radius 2 is 1.98 bits per heavy atom. The number of carbonyl (C=O) groups excluding carboxylic acids is 1. The van der Waals surface area contributed by atoms with Gasteiger partial charge in [0.05, 0.1) is 29.7 Å². The summed E-state index contributed by atoms with van der Waals surface area (Å²) in [6.07, 6.45) is 8.71. The number of benzene rings is 2. The molecule has 1 amide bonds. The van der Waals surface area contributed by atoms with Gasteiger partial charge in [0.1, 0.15) is 5.82 Å². The molecule has 0 spiro atoms. The van der Waals surface area contributed by atoms with Gasteiger partial charge >= 0.3 is 0 Å². The van der Waals surface area contributed by atoms with Gasteiger partial charge in [-0.1, -0.05) is 18.2 Å². The lowest BCUT2D eigenvalue weighted by molar-refractivity contribution is 0.0976. The molecule has 3 aliphatic rings. The predicted molar refractivity (Wildman–Crippen MR) is 148 cm³/mol. The van der Waals surface area contributed by atoms with E-state index in [0.29, 0.717) is 41.6 Å². The van der Waals surface area contributed by atoms with Gasteiger partial charge in [0.25, 0.3) is 5.91 Å². The largest absolute Gasteiger partial charge is 0.392 e. The van der Waals surface area contributed by atoms with Crippen LogP contribution in [0.15, 0.2) is 42.7 Å². The number of rotatable bonds is 8. The van der Waals surface area contributed by atoms with Crippen LogP contribution < -0.4 is 16.0 Å². The van der Waals surface area contributed by atoms with E-state index in [1.165, 1.54) is 23.8 Å². The van der Waals surface area contributed by atoms with Crippen molar-refractivity contribution in [3.63, 3.8) is 0 Å². The molecule has 11 heteroatoms. The fraction of sp³-hybridized carbons (Fsp3) is 0.345. The fourth-order valence-electron chi connectivity index (χ4n) is 5.47. The van der Waals surface area contributed by atoms with Crippen molar-refractivity contribution in [2.45, 2.75) is 51.2 Å².